The van der Waals surface area contributed by atoms with Crippen LogP contribution in [-0.4, -0.2) is 51.8 Å². The van der Waals surface area contributed by atoms with Gasteiger partial charge in [0.2, 0.25) is 0 Å². The molecule has 0 unspecified atom stereocenters. The molecule has 1 aliphatic rings. The van der Waals surface area contributed by atoms with E-state index < -0.39 is 17.8 Å². The van der Waals surface area contributed by atoms with Crippen molar-refractivity contribution in [2.24, 2.45) is 0 Å². The lowest BCUT2D eigenvalue weighted by atomic mass is 10.2. The lowest BCUT2D eigenvalue weighted by Gasteiger charge is -2.26. The van der Waals surface area contributed by atoms with Gasteiger partial charge in [-0.2, -0.15) is 18.3 Å². The number of fused-ring (bicyclic) bond motifs is 1. The highest BCUT2D eigenvalue weighted by atomic mass is 32.1. The molecule has 1 N–H and O–H groups in total. The molecule has 7 nitrogen and oxygen atoms in total. The first kappa shape index (κ1) is 19.8. The number of carbonyl (C=O) groups is 1. The van der Waals surface area contributed by atoms with Crippen LogP contribution in [0, 0.1) is 0 Å². The van der Waals surface area contributed by atoms with Crippen LogP contribution in [-0.2, 0) is 17.3 Å². The predicted molar refractivity (Wildman–Crippen MR) is 101 cm³/mol. The Balaban J connectivity index is 1.72. The molecule has 0 radical (unpaired) electrons. The monoisotopic (exact) mass is 425 g/mol. The number of rotatable bonds is 4. The summed E-state index contributed by atoms with van der Waals surface area (Å²) in [4.78, 5) is 18.5. The summed E-state index contributed by atoms with van der Waals surface area (Å²) < 4.78 is 46.9. The smallest absolute Gasteiger partial charge is 0.379 e. The van der Waals surface area contributed by atoms with Gasteiger partial charge in [-0.25, -0.2) is 14.5 Å². The first-order valence-electron chi connectivity index (χ1n) is 9.06. The molecule has 1 amide bonds. The molecule has 4 heterocycles. The summed E-state index contributed by atoms with van der Waals surface area (Å²) in [6.45, 7) is 3.90. The lowest BCUT2D eigenvalue weighted by molar-refractivity contribution is -0.142. The molecule has 3 aromatic heterocycles. The minimum absolute atomic E-state index is 0.0339. The molecule has 1 saturated heterocycles. The van der Waals surface area contributed by atoms with Gasteiger partial charge in [0, 0.05) is 24.0 Å². The van der Waals surface area contributed by atoms with E-state index in [-0.39, 0.29) is 17.0 Å². The van der Waals surface area contributed by atoms with Gasteiger partial charge in [0.05, 0.1) is 23.8 Å². The first-order valence-corrected chi connectivity index (χ1v) is 9.87. The molecule has 1 fully saturated rings. The number of hydrazine groups is 1. The molecule has 11 heteroatoms. The molecular formula is C18H18F3N5O2S. The molecule has 0 saturated carbocycles. The quantitative estimate of drug-likeness (QED) is 0.696. The zero-order chi connectivity index (χ0) is 20.6. The summed E-state index contributed by atoms with van der Waals surface area (Å²) >= 11 is 1.39. The molecule has 0 bridgehead atoms. The van der Waals surface area contributed by atoms with Gasteiger partial charge in [-0.3, -0.25) is 10.2 Å². The van der Waals surface area contributed by atoms with E-state index in [0.717, 1.165) is 17.4 Å². The van der Waals surface area contributed by atoms with E-state index in [2.05, 4.69) is 15.5 Å². The molecule has 0 spiro atoms. The molecule has 154 valence electrons. The maximum Gasteiger partial charge on any atom is 0.433 e. The molecular weight excluding hydrogens is 407 g/mol. The summed E-state index contributed by atoms with van der Waals surface area (Å²) in [7, 11) is 0. The minimum Gasteiger partial charge on any atom is -0.379 e. The van der Waals surface area contributed by atoms with Gasteiger partial charge in [-0.15, -0.1) is 11.3 Å². The van der Waals surface area contributed by atoms with Crippen LogP contribution < -0.4 is 5.43 Å². The Morgan fingerprint density at radius 1 is 1.28 bits per heavy atom. The number of morpholine rings is 1. The van der Waals surface area contributed by atoms with Gasteiger partial charge in [-0.05, 0) is 24.6 Å². The number of halogens is 3. The Morgan fingerprint density at radius 3 is 2.69 bits per heavy atom. The number of carbonyl (C=O) groups excluding carboxylic acids is 1. The van der Waals surface area contributed by atoms with Crippen LogP contribution in [0.25, 0.3) is 16.2 Å². The number of hydrogen-bond donors (Lipinski definition) is 1. The fourth-order valence-corrected chi connectivity index (χ4v) is 3.90. The first-order chi connectivity index (χ1) is 13.8. The van der Waals surface area contributed by atoms with Gasteiger partial charge in [0.1, 0.15) is 0 Å². The summed E-state index contributed by atoms with van der Waals surface area (Å²) in [5.74, 6) is -0.587. The average Bonchev–Trinajstić information content (AvgIpc) is 3.34. The number of alkyl halides is 3. The van der Waals surface area contributed by atoms with Gasteiger partial charge in [0.15, 0.2) is 17.0 Å². The second kappa shape index (κ2) is 7.73. The van der Waals surface area contributed by atoms with Crippen LogP contribution in [0.5, 0.6) is 0 Å². The van der Waals surface area contributed by atoms with Crippen LogP contribution >= 0.6 is 11.3 Å². The van der Waals surface area contributed by atoms with Gasteiger partial charge >= 0.3 is 6.18 Å². The van der Waals surface area contributed by atoms with Gasteiger partial charge in [-0.1, -0.05) is 6.92 Å². The Kier molecular flexibility index (Phi) is 5.28. The number of nitrogens with zero attached hydrogens (tertiary/aromatic N) is 4. The third-order valence-electron chi connectivity index (χ3n) is 4.48. The van der Waals surface area contributed by atoms with Crippen LogP contribution in [0.3, 0.4) is 0 Å². The van der Waals surface area contributed by atoms with Crippen molar-refractivity contribution in [2.45, 2.75) is 19.5 Å². The molecule has 0 aromatic carbocycles. The van der Waals surface area contributed by atoms with Crippen LogP contribution in [0.4, 0.5) is 13.2 Å². The predicted octanol–water partition coefficient (Wildman–Crippen LogP) is 3.02. The van der Waals surface area contributed by atoms with Gasteiger partial charge < -0.3 is 4.74 Å². The molecule has 29 heavy (non-hydrogen) atoms. The van der Waals surface area contributed by atoms with Crippen molar-refractivity contribution in [1.29, 1.82) is 0 Å². The molecule has 3 aromatic rings. The summed E-state index contributed by atoms with van der Waals surface area (Å²) in [6.07, 6.45) is -3.86. The summed E-state index contributed by atoms with van der Waals surface area (Å²) in [6, 6.07) is 5.86. The van der Waals surface area contributed by atoms with E-state index in [1.54, 1.807) is 11.1 Å². The van der Waals surface area contributed by atoms with Crippen molar-refractivity contribution in [3.63, 3.8) is 0 Å². The van der Waals surface area contributed by atoms with Crippen LogP contribution in [0.1, 0.15) is 28.0 Å². The van der Waals surface area contributed by atoms with E-state index in [1.807, 2.05) is 13.0 Å². The van der Waals surface area contributed by atoms with Crippen molar-refractivity contribution < 1.29 is 22.7 Å². The van der Waals surface area contributed by atoms with Crippen molar-refractivity contribution >= 4 is 22.9 Å². The average molecular weight is 425 g/mol. The zero-order valence-corrected chi connectivity index (χ0v) is 16.3. The third-order valence-corrected chi connectivity index (χ3v) is 5.74. The topological polar surface area (TPSA) is 71.8 Å². The maximum absolute atomic E-state index is 13.7. The Morgan fingerprint density at radius 2 is 2.03 bits per heavy atom. The number of aryl methyl sites for hydroxylation is 1. The fourth-order valence-electron chi connectivity index (χ4n) is 3.00. The van der Waals surface area contributed by atoms with Crippen molar-refractivity contribution in [1.82, 2.24) is 25.0 Å². The second-order valence-corrected chi connectivity index (χ2v) is 7.65. The Labute approximate surface area is 168 Å². The summed E-state index contributed by atoms with van der Waals surface area (Å²) in [5.41, 5.74) is 1.70. The Hall–Kier alpha value is -2.50. The number of ether oxygens (including phenoxy) is 1. The largest absolute Gasteiger partial charge is 0.433 e. The van der Waals surface area contributed by atoms with E-state index in [9.17, 15) is 18.0 Å². The SMILES string of the molecule is CCc1ccc(-c2cc(C(F)(F)F)n3nc(C(=O)NN4CCOCC4)cc3n2)s1. The number of amides is 1. The summed E-state index contributed by atoms with van der Waals surface area (Å²) in [5, 5.41) is 5.52. The van der Waals surface area contributed by atoms with Crippen molar-refractivity contribution in [2.75, 3.05) is 26.3 Å². The molecule has 0 aliphatic carbocycles. The van der Waals surface area contributed by atoms with Crippen LogP contribution in [0.15, 0.2) is 24.3 Å². The number of thiophene rings is 1. The van der Waals surface area contributed by atoms with E-state index in [1.165, 1.54) is 17.4 Å². The van der Waals surface area contributed by atoms with Gasteiger partial charge in [0.25, 0.3) is 5.91 Å². The maximum atomic E-state index is 13.7. The highest BCUT2D eigenvalue weighted by Gasteiger charge is 2.36. The molecule has 1 aliphatic heterocycles. The Bertz CT molecular complexity index is 1040. The standard InChI is InChI=1S/C18H18F3N5O2S/c1-2-11-3-4-14(29-11)12-9-15(18(19,20)21)26-16(22-12)10-13(23-26)17(27)24-25-5-7-28-8-6-25/h3-4,9-10H,2,5-8H2,1H3,(H,24,27). The van der Waals surface area contributed by atoms with Crippen molar-refractivity contribution in [3.05, 3.63) is 40.5 Å². The minimum atomic E-state index is -4.65. The molecule has 0 atom stereocenters. The number of aromatic nitrogens is 3. The van der Waals surface area contributed by atoms with Crippen LogP contribution in [0.2, 0.25) is 0 Å². The number of nitrogens with one attached hydrogen (secondary N) is 1. The highest BCUT2D eigenvalue weighted by molar-refractivity contribution is 7.15. The van der Waals surface area contributed by atoms with E-state index in [0.29, 0.717) is 35.7 Å². The van der Waals surface area contributed by atoms with E-state index >= 15 is 0 Å². The zero-order valence-electron chi connectivity index (χ0n) is 15.5. The fraction of sp³-hybridized carbons (Fsp3) is 0.389. The lowest BCUT2D eigenvalue weighted by Crippen LogP contribution is -2.48. The molecule has 4 rings (SSSR count). The van der Waals surface area contributed by atoms with Crippen molar-refractivity contribution in [3.8, 4) is 10.6 Å². The number of hydrogen-bond acceptors (Lipinski definition) is 6. The van der Waals surface area contributed by atoms with E-state index in [4.69, 9.17) is 4.74 Å². The normalized spacial score (nSPS) is 15.7. The third kappa shape index (κ3) is 4.11. The second-order valence-electron chi connectivity index (χ2n) is 6.48. The highest BCUT2D eigenvalue weighted by Crippen LogP contribution is 2.34.